The van der Waals surface area contributed by atoms with Crippen LogP contribution in [0.4, 0.5) is 4.79 Å². The zero-order valence-corrected chi connectivity index (χ0v) is 15.2. The Labute approximate surface area is 157 Å². The minimum absolute atomic E-state index is 0.000229. The van der Waals surface area contributed by atoms with Gasteiger partial charge in [0, 0.05) is 25.2 Å². The van der Waals surface area contributed by atoms with E-state index in [-0.39, 0.29) is 12.5 Å². The van der Waals surface area contributed by atoms with Gasteiger partial charge in [0.05, 0.1) is 6.54 Å². The Kier molecular flexibility index (Phi) is 5.04. The first-order valence-corrected chi connectivity index (χ1v) is 9.34. The molecule has 8 heteroatoms. The maximum Gasteiger partial charge on any atom is 0.410 e. The van der Waals surface area contributed by atoms with Gasteiger partial charge in [-0.1, -0.05) is 18.2 Å². The molecule has 0 atom stereocenters. The first-order chi connectivity index (χ1) is 13.2. The van der Waals surface area contributed by atoms with Crippen LogP contribution in [0.3, 0.4) is 0 Å². The zero-order chi connectivity index (χ0) is 18.6. The molecule has 0 saturated carbocycles. The summed E-state index contributed by atoms with van der Waals surface area (Å²) in [4.78, 5) is 27.2. The van der Waals surface area contributed by atoms with E-state index in [1.165, 1.54) is 4.90 Å². The van der Waals surface area contributed by atoms with Crippen LogP contribution in [-0.4, -0.2) is 69.4 Å². The largest absolute Gasteiger partial charge is 0.448 e. The average molecular weight is 369 g/mol. The van der Waals surface area contributed by atoms with Crippen LogP contribution in [0.1, 0.15) is 18.7 Å². The molecule has 0 spiro atoms. The van der Waals surface area contributed by atoms with E-state index in [0.29, 0.717) is 32.2 Å². The number of aromatic nitrogens is 3. The molecular weight excluding hydrogens is 346 g/mol. The molecule has 2 aliphatic rings. The van der Waals surface area contributed by atoms with E-state index in [2.05, 4.69) is 10.2 Å². The van der Waals surface area contributed by atoms with Gasteiger partial charge in [-0.15, -0.1) is 10.2 Å². The Morgan fingerprint density at radius 3 is 2.63 bits per heavy atom. The Hall–Kier alpha value is -2.90. The second-order valence-corrected chi connectivity index (χ2v) is 7.02. The monoisotopic (exact) mass is 369 g/mol. The highest BCUT2D eigenvalue weighted by molar-refractivity contribution is 5.82. The van der Waals surface area contributed by atoms with Crippen molar-refractivity contribution in [1.82, 2.24) is 24.6 Å². The van der Waals surface area contributed by atoms with Gasteiger partial charge in [-0.05, 0) is 30.9 Å². The van der Waals surface area contributed by atoms with Gasteiger partial charge in [0.1, 0.15) is 25.3 Å². The van der Waals surface area contributed by atoms with Crippen molar-refractivity contribution in [2.45, 2.75) is 19.3 Å². The average Bonchev–Trinajstić information content (AvgIpc) is 3.32. The lowest BCUT2D eigenvalue weighted by Crippen LogP contribution is -2.44. The van der Waals surface area contributed by atoms with Crippen molar-refractivity contribution in [1.29, 1.82) is 0 Å². The molecule has 3 heterocycles. The Bertz CT molecular complexity index is 799. The van der Waals surface area contributed by atoms with Crippen molar-refractivity contribution >= 4 is 12.0 Å². The number of carbonyl (C=O) groups is 2. The van der Waals surface area contributed by atoms with Gasteiger partial charge < -0.3 is 9.64 Å². The third kappa shape index (κ3) is 3.94. The number of hydrogen-bond donors (Lipinski definition) is 0. The van der Waals surface area contributed by atoms with Gasteiger partial charge in [-0.2, -0.15) is 0 Å². The molecule has 8 nitrogen and oxygen atoms in total. The third-order valence-electron chi connectivity index (χ3n) is 5.26. The quantitative estimate of drug-likeness (QED) is 0.798. The summed E-state index contributed by atoms with van der Waals surface area (Å²) in [6.07, 6.45) is 4.06. The summed E-state index contributed by atoms with van der Waals surface area (Å²) in [6, 6.07) is 10.1. The molecule has 0 unspecified atom stereocenters. The Morgan fingerprint density at radius 2 is 1.93 bits per heavy atom. The summed E-state index contributed by atoms with van der Waals surface area (Å²) < 4.78 is 6.90. The molecule has 0 radical (unpaired) electrons. The number of nitrogens with zero attached hydrogens (tertiary/aromatic N) is 5. The molecule has 2 aromatic rings. The van der Waals surface area contributed by atoms with Crippen molar-refractivity contribution in [3.63, 3.8) is 0 Å². The number of rotatable bonds is 5. The summed E-state index contributed by atoms with van der Waals surface area (Å²) >= 11 is 0. The van der Waals surface area contributed by atoms with E-state index in [0.717, 1.165) is 30.8 Å². The minimum atomic E-state index is -0.390. The molecule has 0 bridgehead atoms. The van der Waals surface area contributed by atoms with E-state index in [1.54, 1.807) is 6.33 Å². The van der Waals surface area contributed by atoms with Crippen LogP contribution in [0.2, 0.25) is 0 Å². The molecule has 142 valence electrons. The smallest absolute Gasteiger partial charge is 0.410 e. The number of hydrogen-bond acceptors (Lipinski definition) is 5. The molecule has 2 amide bonds. The van der Waals surface area contributed by atoms with Crippen molar-refractivity contribution in [2.75, 3.05) is 32.8 Å². The topological polar surface area (TPSA) is 80.6 Å². The van der Waals surface area contributed by atoms with E-state index < -0.39 is 6.09 Å². The van der Waals surface area contributed by atoms with Crippen molar-refractivity contribution in [3.05, 3.63) is 42.5 Å². The van der Waals surface area contributed by atoms with Gasteiger partial charge in [0.2, 0.25) is 5.91 Å². The molecule has 2 aliphatic heterocycles. The number of carbonyl (C=O) groups excluding carboxylic acids is 2. The number of cyclic esters (lactones) is 1. The molecule has 4 rings (SSSR count). The Morgan fingerprint density at radius 1 is 1.15 bits per heavy atom. The van der Waals surface area contributed by atoms with Gasteiger partial charge in [0.15, 0.2) is 0 Å². The van der Waals surface area contributed by atoms with Crippen LogP contribution < -0.4 is 0 Å². The number of likely N-dealkylation sites (tertiary alicyclic amines) is 1. The SMILES string of the molecule is O=C(CN1CCOC1=O)N1CCC(Cc2nncn2-c2ccccc2)CC1. The van der Waals surface area contributed by atoms with Crippen LogP contribution in [0, 0.1) is 5.92 Å². The van der Waals surface area contributed by atoms with Crippen LogP contribution in [0.15, 0.2) is 36.7 Å². The van der Waals surface area contributed by atoms with Crippen LogP contribution in [0.25, 0.3) is 5.69 Å². The molecule has 1 aromatic carbocycles. The van der Waals surface area contributed by atoms with E-state index in [4.69, 9.17) is 4.74 Å². The number of ether oxygens (including phenoxy) is 1. The maximum absolute atomic E-state index is 12.4. The first kappa shape index (κ1) is 17.5. The molecular formula is C19H23N5O3. The van der Waals surface area contributed by atoms with Gasteiger partial charge >= 0.3 is 6.09 Å². The first-order valence-electron chi connectivity index (χ1n) is 9.34. The predicted molar refractivity (Wildman–Crippen MR) is 97.3 cm³/mol. The fourth-order valence-corrected chi connectivity index (χ4v) is 3.68. The van der Waals surface area contributed by atoms with E-state index >= 15 is 0 Å². The summed E-state index contributed by atoms with van der Waals surface area (Å²) in [5, 5.41) is 8.36. The highest BCUT2D eigenvalue weighted by atomic mass is 16.6. The number of piperidine rings is 1. The third-order valence-corrected chi connectivity index (χ3v) is 5.26. The maximum atomic E-state index is 12.4. The van der Waals surface area contributed by atoms with Crippen LogP contribution in [-0.2, 0) is 16.0 Å². The number of para-hydroxylation sites is 1. The van der Waals surface area contributed by atoms with E-state index in [1.807, 2.05) is 39.8 Å². The highest BCUT2D eigenvalue weighted by Gasteiger charge is 2.29. The summed E-state index contributed by atoms with van der Waals surface area (Å²) in [5.74, 6) is 1.42. The van der Waals surface area contributed by atoms with Gasteiger partial charge in [-0.25, -0.2) is 4.79 Å². The van der Waals surface area contributed by atoms with Crippen molar-refractivity contribution in [2.24, 2.45) is 5.92 Å². The normalized spacial score (nSPS) is 18.0. The number of benzene rings is 1. The van der Waals surface area contributed by atoms with Gasteiger partial charge in [0.25, 0.3) is 0 Å². The van der Waals surface area contributed by atoms with E-state index in [9.17, 15) is 9.59 Å². The molecule has 0 aliphatic carbocycles. The second kappa shape index (κ2) is 7.77. The standard InChI is InChI=1S/C19H23N5O3/c25-18(13-23-10-11-27-19(23)26)22-8-6-15(7-9-22)12-17-21-20-14-24(17)16-4-2-1-3-5-16/h1-5,14-15H,6-13H2. The highest BCUT2D eigenvalue weighted by Crippen LogP contribution is 2.22. The lowest BCUT2D eigenvalue weighted by atomic mass is 9.93. The van der Waals surface area contributed by atoms with Crippen molar-refractivity contribution in [3.8, 4) is 5.69 Å². The van der Waals surface area contributed by atoms with Crippen LogP contribution in [0.5, 0.6) is 0 Å². The zero-order valence-electron chi connectivity index (χ0n) is 15.2. The Balaban J connectivity index is 1.31. The summed E-state index contributed by atoms with van der Waals surface area (Å²) in [6.45, 7) is 2.41. The van der Waals surface area contributed by atoms with Crippen molar-refractivity contribution < 1.29 is 14.3 Å². The molecule has 27 heavy (non-hydrogen) atoms. The molecule has 1 aromatic heterocycles. The molecule has 2 fully saturated rings. The predicted octanol–water partition coefficient (Wildman–Crippen LogP) is 1.50. The van der Waals surface area contributed by atoms with Crippen LogP contribution >= 0.6 is 0 Å². The lowest BCUT2D eigenvalue weighted by Gasteiger charge is -2.32. The second-order valence-electron chi connectivity index (χ2n) is 7.02. The molecule has 2 saturated heterocycles. The fraction of sp³-hybridized carbons (Fsp3) is 0.474. The summed E-state index contributed by atoms with van der Waals surface area (Å²) in [5.41, 5.74) is 1.06. The number of amides is 2. The summed E-state index contributed by atoms with van der Waals surface area (Å²) in [7, 11) is 0. The van der Waals surface area contributed by atoms with Gasteiger partial charge in [-0.3, -0.25) is 14.3 Å². The molecule has 0 N–H and O–H groups in total. The fourth-order valence-electron chi connectivity index (χ4n) is 3.68. The minimum Gasteiger partial charge on any atom is -0.448 e. The lowest BCUT2D eigenvalue weighted by molar-refractivity contribution is -0.133.